The third-order valence-corrected chi connectivity index (χ3v) is 3.93. The zero-order valence-electron chi connectivity index (χ0n) is 14.2. The number of amides is 2. The molecule has 26 heavy (non-hydrogen) atoms. The molecular weight excluding hydrogens is 342 g/mol. The number of aromatic hydroxyl groups is 1. The van der Waals surface area contributed by atoms with Crippen LogP contribution in [0.5, 0.6) is 5.75 Å². The van der Waals surface area contributed by atoms with Crippen LogP contribution in [0.2, 0.25) is 0 Å². The topological polar surface area (TPSA) is 154 Å². The Kier molecular flexibility index (Phi) is 6.93. The zero-order chi connectivity index (χ0) is 19.1. The van der Waals surface area contributed by atoms with Crippen molar-refractivity contribution in [1.29, 1.82) is 0 Å². The second kappa shape index (κ2) is 9.16. The van der Waals surface area contributed by atoms with E-state index in [4.69, 9.17) is 15.6 Å². The number of unbranched alkanes of at least 4 members (excludes halogenated alkanes) is 1. The van der Waals surface area contributed by atoms with Crippen LogP contribution in [-0.2, 0) is 25.5 Å². The molecular formula is C17H23N3O6. The standard InChI is InChI=1S/C17H23N3O6/c18-7-1-2-8-19-15(22)12(9-10-3-5-11(21)6-4-10)20-16(23)13-14(26-13)17(24)25/h3-6,12-14,21H,1-2,7-9,18H2,(H,19,22)(H,20,23)(H,24,25)/t12-,13-,14-/m0/s1. The molecule has 0 aromatic heterocycles. The fraction of sp³-hybridized carbons (Fsp3) is 0.471. The predicted octanol–water partition coefficient (Wildman–Crippen LogP) is -0.873. The lowest BCUT2D eigenvalue weighted by Crippen LogP contribution is -2.49. The van der Waals surface area contributed by atoms with Gasteiger partial charge in [-0.3, -0.25) is 9.59 Å². The molecule has 1 aromatic rings. The normalized spacial score (nSPS) is 19.4. The molecule has 0 aliphatic carbocycles. The minimum Gasteiger partial charge on any atom is -0.508 e. The van der Waals surface area contributed by atoms with Gasteiger partial charge < -0.3 is 31.3 Å². The summed E-state index contributed by atoms with van der Waals surface area (Å²) in [6.07, 6.45) is -0.573. The number of hydrogen-bond acceptors (Lipinski definition) is 6. The molecule has 2 amide bonds. The molecule has 0 saturated carbocycles. The van der Waals surface area contributed by atoms with Crippen LogP contribution in [0.3, 0.4) is 0 Å². The maximum absolute atomic E-state index is 12.4. The second-order valence-corrected chi connectivity index (χ2v) is 6.03. The fourth-order valence-corrected chi connectivity index (χ4v) is 2.43. The number of aliphatic carboxylic acids is 1. The molecule has 1 saturated heterocycles. The number of carbonyl (C=O) groups is 3. The molecule has 2 rings (SSSR count). The highest BCUT2D eigenvalue weighted by molar-refractivity contribution is 5.95. The third kappa shape index (κ3) is 5.71. The molecule has 1 aliphatic rings. The van der Waals surface area contributed by atoms with Crippen LogP contribution in [0.25, 0.3) is 0 Å². The zero-order valence-corrected chi connectivity index (χ0v) is 14.2. The van der Waals surface area contributed by atoms with Crippen molar-refractivity contribution in [2.45, 2.75) is 37.5 Å². The SMILES string of the molecule is NCCCCNC(=O)[C@H](Cc1ccc(O)cc1)NC(=O)[C@H]1O[C@@H]1C(=O)O. The Labute approximate surface area is 150 Å². The van der Waals surface area contributed by atoms with Crippen molar-refractivity contribution in [3.05, 3.63) is 29.8 Å². The highest BCUT2D eigenvalue weighted by Gasteiger charge is 2.51. The first-order valence-electron chi connectivity index (χ1n) is 8.36. The highest BCUT2D eigenvalue weighted by atomic mass is 16.6. The molecule has 9 heteroatoms. The summed E-state index contributed by atoms with van der Waals surface area (Å²) in [5.74, 6) is -2.14. The average molecular weight is 365 g/mol. The van der Waals surface area contributed by atoms with E-state index in [1.54, 1.807) is 12.1 Å². The van der Waals surface area contributed by atoms with E-state index in [-0.39, 0.29) is 18.1 Å². The number of carboxylic acids is 1. The molecule has 6 N–H and O–H groups in total. The molecule has 9 nitrogen and oxygen atoms in total. The van der Waals surface area contributed by atoms with Gasteiger partial charge in [-0.25, -0.2) is 4.79 Å². The van der Waals surface area contributed by atoms with Gasteiger partial charge in [0.1, 0.15) is 11.8 Å². The van der Waals surface area contributed by atoms with Gasteiger partial charge in [0.2, 0.25) is 5.91 Å². The molecule has 0 spiro atoms. The number of phenols is 1. The van der Waals surface area contributed by atoms with Crippen molar-refractivity contribution < 1.29 is 29.3 Å². The Balaban J connectivity index is 1.98. The van der Waals surface area contributed by atoms with Crippen molar-refractivity contribution >= 4 is 17.8 Å². The fourth-order valence-electron chi connectivity index (χ4n) is 2.43. The smallest absolute Gasteiger partial charge is 0.336 e. The predicted molar refractivity (Wildman–Crippen MR) is 91.3 cm³/mol. The van der Waals surface area contributed by atoms with Crippen LogP contribution in [0.15, 0.2) is 24.3 Å². The number of hydrogen-bond donors (Lipinski definition) is 5. The van der Waals surface area contributed by atoms with E-state index < -0.39 is 30.1 Å². The van der Waals surface area contributed by atoms with Crippen molar-refractivity contribution in [2.24, 2.45) is 5.73 Å². The first kappa shape index (κ1) is 19.7. The van der Waals surface area contributed by atoms with Gasteiger partial charge in [0.05, 0.1) is 0 Å². The summed E-state index contributed by atoms with van der Waals surface area (Å²) in [5, 5.41) is 23.4. The summed E-state index contributed by atoms with van der Waals surface area (Å²) >= 11 is 0. The average Bonchev–Trinajstić information content (AvgIpc) is 3.41. The van der Waals surface area contributed by atoms with Gasteiger partial charge in [-0.15, -0.1) is 0 Å². The number of phenolic OH excluding ortho intramolecular Hbond substituents is 1. The maximum atomic E-state index is 12.4. The Bertz CT molecular complexity index is 648. The lowest BCUT2D eigenvalue weighted by Gasteiger charge is -2.18. The molecule has 1 aliphatic heterocycles. The van der Waals surface area contributed by atoms with E-state index in [9.17, 15) is 19.5 Å². The van der Waals surface area contributed by atoms with E-state index in [0.717, 1.165) is 18.4 Å². The quantitative estimate of drug-likeness (QED) is 0.267. The number of epoxide rings is 1. The lowest BCUT2D eigenvalue weighted by molar-refractivity contribution is -0.138. The van der Waals surface area contributed by atoms with Crippen LogP contribution < -0.4 is 16.4 Å². The van der Waals surface area contributed by atoms with Crippen LogP contribution in [0.1, 0.15) is 18.4 Å². The van der Waals surface area contributed by atoms with Crippen LogP contribution in [-0.4, -0.2) is 59.3 Å². The molecule has 1 fully saturated rings. The van der Waals surface area contributed by atoms with E-state index >= 15 is 0 Å². The van der Waals surface area contributed by atoms with Gasteiger partial charge in [-0.1, -0.05) is 12.1 Å². The van der Waals surface area contributed by atoms with Gasteiger partial charge in [0.25, 0.3) is 5.91 Å². The van der Waals surface area contributed by atoms with Crippen LogP contribution >= 0.6 is 0 Å². The minimum atomic E-state index is -1.22. The monoisotopic (exact) mass is 365 g/mol. The number of ether oxygens (including phenoxy) is 1. The molecule has 1 heterocycles. The van der Waals surface area contributed by atoms with Crippen LogP contribution in [0.4, 0.5) is 0 Å². The van der Waals surface area contributed by atoms with Crippen molar-refractivity contribution in [3.8, 4) is 5.75 Å². The molecule has 0 bridgehead atoms. The summed E-state index contributed by atoms with van der Waals surface area (Å²) in [6, 6.07) is 5.37. The Hall–Kier alpha value is -2.65. The molecule has 3 atom stereocenters. The number of nitrogens with two attached hydrogens (primary N) is 1. The van der Waals surface area contributed by atoms with Crippen molar-refractivity contribution in [1.82, 2.24) is 10.6 Å². The van der Waals surface area contributed by atoms with E-state index in [2.05, 4.69) is 10.6 Å². The first-order valence-corrected chi connectivity index (χ1v) is 8.36. The largest absolute Gasteiger partial charge is 0.508 e. The van der Waals surface area contributed by atoms with Gasteiger partial charge in [-0.05, 0) is 37.1 Å². The summed E-state index contributed by atoms with van der Waals surface area (Å²) in [6.45, 7) is 0.953. The minimum absolute atomic E-state index is 0.0938. The maximum Gasteiger partial charge on any atom is 0.336 e. The molecule has 142 valence electrons. The molecule has 0 radical (unpaired) electrons. The Morgan fingerprint density at radius 2 is 1.85 bits per heavy atom. The highest BCUT2D eigenvalue weighted by Crippen LogP contribution is 2.22. The number of carboxylic acid groups (broad SMARTS) is 1. The first-order chi connectivity index (χ1) is 12.4. The van der Waals surface area contributed by atoms with Gasteiger partial charge in [0, 0.05) is 13.0 Å². The summed E-state index contributed by atoms with van der Waals surface area (Å²) < 4.78 is 4.81. The Morgan fingerprint density at radius 3 is 2.42 bits per heavy atom. The van der Waals surface area contributed by atoms with E-state index in [1.165, 1.54) is 12.1 Å². The van der Waals surface area contributed by atoms with E-state index in [0.29, 0.717) is 13.1 Å². The van der Waals surface area contributed by atoms with E-state index in [1.807, 2.05) is 0 Å². The molecule has 1 aromatic carbocycles. The lowest BCUT2D eigenvalue weighted by atomic mass is 10.0. The summed E-state index contributed by atoms with van der Waals surface area (Å²) in [5.41, 5.74) is 6.14. The van der Waals surface area contributed by atoms with Crippen molar-refractivity contribution in [2.75, 3.05) is 13.1 Å². The Morgan fingerprint density at radius 1 is 1.15 bits per heavy atom. The van der Waals surface area contributed by atoms with Crippen LogP contribution in [0, 0.1) is 0 Å². The van der Waals surface area contributed by atoms with Gasteiger partial charge >= 0.3 is 5.97 Å². The summed E-state index contributed by atoms with van der Waals surface area (Å²) in [4.78, 5) is 35.3. The second-order valence-electron chi connectivity index (χ2n) is 6.03. The number of carbonyl (C=O) groups excluding carboxylic acids is 2. The van der Waals surface area contributed by atoms with Crippen molar-refractivity contribution in [3.63, 3.8) is 0 Å². The summed E-state index contributed by atoms with van der Waals surface area (Å²) in [7, 11) is 0. The third-order valence-electron chi connectivity index (χ3n) is 3.93. The number of benzene rings is 1. The van der Waals surface area contributed by atoms with Gasteiger partial charge in [-0.2, -0.15) is 0 Å². The van der Waals surface area contributed by atoms with Gasteiger partial charge in [0.15, 0.2) is 12.2 Å². The number of rotatable bonds is 10. The molecule has 0 unspecified atom stereocenters. The number of nitrogens with one attached hydrogen (secondary N) is 2.